The third-order valence-electron chi connectivity index (χ3n) is 3.56. The van der Waals surface area contributed by atoms with Gasteiger partial charge in [-0.3, -0.25) is 4.99 Å². The molecule has 1 saturated carbocycles. The van der Waals surface area contributed by atoms with Gasteiger partial charge in [0.2, 0.25) is 0 Å². The summed E-state index contributed by atoms with van der Waals surface area (Å²) >= 11 is 0. The monoisotopic (exact) mass is 181 g/mol. The minimum Gasteiger partial charge on any atom is -0.481 e. The minimum absolute atomic E-state index is 0.429. The Morgan fingerprint density at radius 2 is 2.23 bits per heavy atom. The number of hydrogen-bond donors (Lipinski definition) is 0. The van der Waals surface area contributed by atoms with E-state index < -0.39 is 0 Å². The zero-order valence-electron chi connectivity index (χ0n) is 9.00. The molecule has 0 spiro atoms. The molecule has 74 valence electrons. The Bertz CT molecular complexity index is 244. The van der Waals surface area contributed by atoms with Crippen LogP contribution in [0.25, 0.3) is 0 Å². The highest BCUT2D eigenvalue weighted by Gasteiger charge is 2.62. The number of aliphatic imine (C=N–C) groups is 1. The number of nitrogens with zero attached hydrogens (tertiary/aromatic N) is 1. The van der Waals surface area contributed by atoms with Crippen molar-refractivity contribution in [3.63, 3.8) is 0 Å². The minimum atomic E-state index is 0.429. The van der Waals surface area contributed by atoms with Crippen LogP contribution in [0.3, 0.4) is 0 Å². The molecule has 2 heteroatoms. The first-order chi connectivity index (χ1) is 6.07. The van der Waals surface area contributed by atoms with E-state index in [0.29, 0.717) is 11.5 Å². The standard InChI is InChI=1S/C11H19NO/c1-5-13-8-6-7(2)9-10(12-8)11(9,3)4/h7,9-10H,5-6H2,1-4H3/t7?,9-,10-/m0/s1. The third-order valence-corrected chi connectivity index (χ3v) is 3.56. The van der Waals surface area contributed by atoms with E-state index in [1.807, 2.05) is 6.92 Å². The Hall–Kier alpha value is -0.530. The maximum absolute atomic E-state index is 5.49. The summed E-state index contributed by atoms with van der Waals surface area (Å²) in [5.41, 5.74) is 0.429. The molecule has 3 atom stereocenters. The fraction of sp³-hybridized carbons (Fsp3) is 0.909. The molecule has 2 rings (SSSR count). The van der Waals surface area contributed by atoms with Gasteiger partial charge in [-0.1, -0.05) is 20.8 Å². The van der Waals surface area contributed by atoms with Crippen LogP contribution in [0.1, 0.15) is 34.1 Å². The van der Waals surface area contributed by atoms with Crippen LogP contribution in [0.2, 0.25) is 0 Å². The normalized spacial score (nSPS) is 40.6. The molecule has 0 aromatic carbocycles. The van der Waals surface area contributed by atoms with Crippen molar-refractivity contribution in [2.24, 2.45) is 22.2 Å². The lowest BCUT2D eigenvalue weighted by molar-refractivity contribution is 0.294. The molecule has 2 nitrogen and oxygen atoms in total. The molecule has 1 aliphatic carbocycles. The summed E-state index contributed by atoms with van der Waals surface area (Å²) in [5, 5.41) is 0. The molecular weight excluding hydrogens is 162 g/mol. The van der Waals surface area contributed by atoms with Crippen LogP contribution in [0.5, 0.6) is 0 Å². The summed E-state index contributed by atoms with van der Waals surface area (Å²) in [7, 11) is 0. The molecule has 0 aromatic rings. The second-order valence-corrected chi connectivity index (χ2v) is 4.93. The van der Waals surface area contributed by atoms with Gasteiger partial charge in [-0.25, -0.2) is 0 Å². The summed E-state index contributed by atoms with van der Waals surface area (Å²) in [6.07, 6.45) is 1.04. The number of fused-ring (bicyclic) bond motifs is 1. The molecule has 1 aliphatic heterocycles. The van der Waals surface area contributed by atoms with Gasteiger partial charge >= 0.3 is 0 Å². The largest absolute Gasteiger partial charge is 0.481 e. The molecule has 1 fully saturated rings. The van der Waals surface area contributed by atoms with Gasteiger partial charge in [0.1, 0.15) is 0 Å². The second-order valence-electron chi connectivity index (χ2n) is 4.93. The van der Waals surface area contributed by atoms with Gasteiger partial charge in [0, 0.05) is 6.42 Å². The van der Waals surface area contributed by atoms with Crippen molar-refractivity contribution in [1.29, 1.82) is 0 Å². The van der Waals surface area contributed by atoms with Crippen LogP contribution in [0.4, 0.5) is 0 Å². The van der Waals surface area contributed by atoms with Crippen molar-refractivity contribution in [3.8, 4) is 0 Å². The lowest BCUT2D eigenvalue weighted by Gasteiger charge is -2.17. The van der Waals surface area contributed by atoms with E-state index in [-0.39, 0.29) is 0 Å². The fourth-order valence-corrected chi connectivity index (χ4v) is 2.81. The zero-order valence-corrected chi connectivity index (χ0v) is 9.00. The second kappa shape index (κ2) is 2.73. The summed E-state index contributed by atoms with van der Waals surface area (Å²) in [5.74, 6) is 2.54. The van der Waals surface area contributed by atoms with Gasteiger partial charge < -0.3 is 4.74 Å². The highest BCUT2D eigenvalue weighted by molar-refractivity contribution is 5.78. The first-order valence-corrected chi connectivity index (χ1v) is 5.26. The van der Waals surface area contributed by atoms with Crippen LogP contribution in [-0.4, -0.2) is 18.5 Å². The average molecular weight is 181 g/mol. The summed E-state index contributed by atoms with van der Waals surface area (Å²) in [6, 6.07) is 0.540. The summed E-state index contributed by atoms with van der Waals surface area (Å²) in [6.45, 7) is 9.73. The van der Waals surface area contributed by atoms with Crippen LogP contribution in [-0.2, 0) is 4.74 Å². The van der Waals surface area contributed by atoms with Crippen molar-refractivity contribution in [3.05, 3.63) is 0 Å². The van der Waals surface area contributed by atoms with Gasteiger partial charge in [0.15, 0.2) is 5.90 Å². The molecule has 1 unspecified atom stereocenters. The van der Waals surface area contributed by atoms with E-state index >= 15 is 0 Å². The van der Waals surface area contributed by atoms with Gasteiger partial charge in [0.25, 0.3) is 0 Å². The Morgan fingerprint density at radius 1 is 1.54 bits per heavy atom. The molecule has 0 aromatic heterocycles. The quantitative estimate of drug-likeness (QED) is 0.609. The number of hydrogen-bond acceptors (Lipinski definition) is 2. The zero-order chi connectivity index (χ0) is 9.64. The lowest BCUT2D eigenvalue weighted by atomic mass is 9.95. The molecule has 0 saturated heterocycles. The first-order valence-electron chi connectivity index (χ1n) is 5.26. The Morgan fingerprint density at radius 3 is 2.77 bits per heavy atom. The van der Waals surface area contributed by atoms with Gasteiger partial charge in [0.05, 0.1) is 12.6 Å². The maximum Gasteiger partial charge on any atom is 0.183 e. The number of ether oxygens (including phenoxy) is 1. The Kier molecular flexibility index (Phi) is 1.90. The predicted molar refractivity (Wildman–Crippen MR) is 53.9 cm³/mol. The van der Waals surface area contributed by atoms with Crippen LogP contribution in [0, 0.1) is 17.3 Å². The van der Waals surface area contributed by atoms with E-state index in [9.17, 15) is 0 Å². The number of rotatable bonds is 1. The highest BCUT2D eigenvalue weighted by atomic mass is 16.5. The van der Waals surface area contributed by atoms with Gasteiger partial charge in [-0.05, 0) is 24.2 Å². The van der Waals surface area contributed by atoms with Crippen molar-refractivity contribution in [2.45, 2.75) is 40.2 Å². The van der Waals surface area contributed by atoms with Gasteiger partial charge in [-0.2, -0.15) is 0 Å². The molecule has 0 N–H and O–H groups in total. The van der Waals surface area contributed by atoms with E-state index in [0.717, 1.165) is 30.8 Å². The Balaban J connectivity index is 2.11. The van der Waals surface area contributed by atoms with Crippen molar-refractivity contribution in [1.82, 2.24) is 0 Å². The van der Waals surface area contributed by atoms with E-state index in [1.54, 1.807) is 0 Å². The lowest BCUT2D eigenvalue weighted by Crippen LogP contribution is -2.17. The van der Waals surface area contributed by atoms with Crippen molar-refractivity contribution < 1.29 is 4.74 Å². The first kappa shape index (κ1) is 9.04. The van der Waals surface area contributed by atoms with Crippen LogP contribution < -0.4 is 0 Å². The topological polar surface area (TPSA) is 21.6 Å². The van der Waals surface area contributed by atoms with E-state index in [2.05, 4.69) is 25.8 Å². The molecule has 13 heavy (non-hydrogen) atoms. The summed E-state index contributed by atoms with van der Waals surface area (Å²) < 4.78 is 5.49. The molecular formula is C11H19NO. The molecule has 0 bridgehead atoms. The maximum atomic E-state index is 5.49. The molecule has 2 aliphatic rings. The van der Waals surface area contributed by atoms with Crippen molar-refractivity contribution >= 4 is 5.90 Å². The SMILES string of the molecule is CCOC1=N[C@H]2[C@H](C(C)C1)C2(C)C. The molecule has 0 radical (unpaired) electrons. The smallest absolute Gasteiger partial charge is 0.183 e. The molecule has 0 amide bonds. The van der Waals surface area contributed by atoms with E-state index in [4.69, 9.17) is 4.74 Å². The van der Waals surface area contributed by atoms with E-state index in [1.165, 1.54) is 0 Å². The summed E-state index contributed by atoms with van der Waals surface area (Å²) in [4.78, 5) is 4.64. The Labute approximate surface area is 80.4 Å². The van der Waals surface area contributed by atoms with Crippen molar-refractivity contribution in [2.75, 3.05) is 6.61 Å². The van der Waals surface area contributed by atoms with Crippen LogP contribution in [0.15, 0.2) is 4.99 Å². The average Bonchev–Trinajstić information content (AvgIpc) is 2.55. The van der Waals surface area contributed by atoms with Crippen LogP contribution >= 0.6 is 0 Å². The molecule has 1 heterocycles. The third kappa shape index (κ3) is 1.27. The fourth-order valence-electron chi connectivity index (χ4n) is 2.81. The highest BCUT2D eigenvalue weighted by Crippen LogP contribution is 2.60. The predicted octanol–water partition coefficient (Wildman–Crippen LogP) is 2.49. The van der Waals surface area contributed by atoms with Gasteiger partial charge in [-0.15, -0.1) is 0 Å².